The number of ether oxygens (including phenoxy) is 1. The SMILES string of the molecule is Cc1cc(NC(=O)COc2cccc(/C=C3\SC(=S)N([C@@H](C)c4ccccc4)C3=O)c2)ccc1Br. The molecule has 35 heavy (non-hydrogen) atoms. The molecule has 2 amide bonds. The second-order valence-corrected chi connectivity index (χ2v) is 10.5. The number of aryl methyl sites for hydroxylation is 1. The highest BCUT2D eigenvalue weighted by molar-refractivity contribution is 9.10. The van der Waals surface area contributed by atoms with Crippen molar-refractivity contribution in [2.24, 2.45) is 0 Å². The van der Waals surface area contributed by atoms with Crippen LogP contribution in [0.2, 0.25) is 0 Å². The van der Waals surface area contributed by atoms with Gasteiger partial charge in [0.15, 0.2) is 6.61 Å². The van der Waals surface area contributed by atoms with Gasteiger partial charge in [0.2, 0.25) is 0 Å². The van der Waals surface area contributed by atoms with E-state index < -0.39 is 0 Å². The summed E-state index contributed by atoms with van der Waals surface area (Å²) in [7, 11) is 0. The molecular weight excluding hydrogens is 544 g/mol. The third-order valence-corrected chi connectivity index (χ3v) is 7.68. The minimum Gasteiger partial charge on any atom is -0.484 e. The molecular formula is C27H23BrN2O3S2. The van der Waals surface area contributed by atoms with E-state index in [4.69, 9.17) is 17.0 Å². The Balaban J connectivity index is 1.40. The monoisotopic (exact) mass is 566 g/mol. The van der Waals surface area contributed by atoms with E-state index in [1.54, 1.807) is 23.1 Å². The summed E-state index contributed by atoms with van der Waals surface area (Å²) in [6.45, 7) is 3.80. The molecule has 1 aliphatic rings. The van der Waals surface area contributed by atoms with E-state index >= 15 is 0 Å². The summed E-state index contributed by atoms with van der Waals surface area (Å²) in [5.74, 6) is 0.161. The molecule has 0 aliphatic carbocycles. The van der Waals surface area contributed by atoms with Gasteiger partial charge in [-0.1, -0.05) is 82.4 Å². The molecule has 5 nitrogen and oxygen atoms in total. The van der Waals surface area contributed by atoms with Crippen molar-refractivity contribution in [3.05, 3.63) is 98.9 Å². The van der Waals surface area contributed by atoms with Gasteiger partial charge in [0, 0.05) is 10.2 Å². The number of thiocarbonyl (C=S) groups is 1. The molecule has 1 N–H and O–H groups in total. The maximum absolute atomic E-state index is 13.1. The smallest absolute Gasteiger partial charge is 0.266 e. The number of benzene rings is 3. The molecule has 4 rings (SSSR count). The highest BCUT2D eigenvalue weighted by Crippen LogP contribution is 2.38. The van der Waals surface area contributed by atoms with Crippen LogP contribution in [-0.2, 0) is 9.59 Å². The van der Waals surface area contributed by atoms with E-state index in [0.717, 1.165) is 21.2 Å². The molecule has 0 bridgehead atoms. The maximum atomic E-state index is 13.1. The van der Waals surface area contributed by atoms with Gasteiger partial charge in [0.05, 0.1) is 10.9 Å². The fourth-order valence-corrected chi connectivity index (χ4v) is 5.27. The molecule has 0 saturated carbocycles. The number of halogens is 1. The Morgan fingerprint density at radius 1 is 1.14 bits per heavy atom. The number of carbonyl (C=O) groups excluding carboxylic acids is 2. The van der Waals surface area contributed by atoms with Crippen molar-refractivity contribution in [3.8, 4) is 5.75 Å². The number of rotatable bonds is 7. The number of anilines is 1. The highest BCUT2D eigenvalue weighted by Gasteiger charge is 2.35. The molecule has 0 aromatic heterocycles. The van der Waals surface area contributed by atoms with Crippen LogP contribution in [0, 0.1) is 6.92 Å². The van der Waals surface area contributed by atoms with Crippen LogP contribution in [0.4, 0.5) is 5.69 Å². The number of amides is 2. The standard InChI is InChI=1S/C27H23BrN2O3S2/c1-17-13-21(11-12-23(17)28)29-25(31)16-33-22-10-6-7-19(14-22)15-24-26(32)30(27(34)35-24)18(2)20-8-4-3-5-9-20/h3-15,18H,16H2,1-2H3,(H,29,31)/b24-15-/t18-/m0/s1. The van der Waals surface area contributed by atoms with E-state index in [0.29, 0.717) is 20.7 Å². The molecule has 0 unspecified atom stereocenters. The van der Waals surface area contributed by atoms with Crippen LogP contribution in [0.3, 0.4) is 0 Å². The highest BCUT2D eigenvalue weighted by atomic mass is 79.9. The van der Waals surface area contributed by atoms with Gasteiger partial charge in [0.25, 0.3) is 11.8 Å². The lowest BCUT2D eigenvalue weighted by molar-refractivity contribution is -0.123. The van der Waals surface area contributed by atoms with Gasteiger partial charge in [0.1, 0.15) is 10.1 Å². The van der Waals surface area contributed by atoms with Gasteiger partial charge in [-0.2, -0.15) is 0 Å². The first-order valence-corrected chi connectivity index (χ1v) is 12.9. The summed E-state index contributed by atoms with van der Waals surface area (Å²) < 4.78 is 7.20. The first-order chi connectivity index (χ1) is 16.8. The molecule has 1 atom stereocenters. The molecule has 0 radical (unpaired) electrons. The van der Waals surface area contributed by atoms with Crippen LogP contribution in [-0.4, -0.2) is 27.6 Å². The molecule has 1 saturated heterocycles. The van der Waals surface area contributed by atoms with Gasteiger partial charge in [-0.3, -0.25) is 14.5 Å². The Labute approximate surface area is 222 Å². The van der Waals surface area contributed by atoms with Crippen molar-refractivity contribution in [2.45, 2.75) is 19.9 Å². The Hall–Kier alpha value is -2.94. The van der Waals surface area contributed by atoms with E-state index in [2.05, 4.69) is 21.2 Å². The van der Waals surface area contributed by atoms with Gasteiger partial charge >= 0.3 is 0 Å². The maximum Gasteiger partial charge on any atom is 0.266 e. The van der Waals surface area contributed by atoms with Crippen molar-refractivity contribution >= 4 is 67.8 Å². The fourth-order valence-electron chi connectivity index (χ4n) is 3.61. The summed E-state index contributed by atoms with van der Waals surface area (Å²) in [6.07, 6.45) is 1.80. The lowest BCUT2D eigenvalue weighted by Gasteiger charge is -2.23. The summed E-state index contributed by atoms with van der Waals surface area (Å²) in [5, 5.41) is 2.83. The minimum absolute atomic E-state index is 0.119. The van der Waals surface area contributed by atoms with Crippen LogP contribution in [0.15, 0.2) is 82.2 Å². The van der Waals surface area contributed by atoms with Crippen molar-refractivity contribution < 1.29 is 14.3 Å². The minimum atomic E-state index is -0.257. The Morgan fingerprint density at radius 3 is 2.66 bits per heavy atom. The normalized spacial score (nSPS) is 15.4. The Bertz CT molecular complexity index is 1310. The van der Waals surface area contributed by atoms with Crippen LogP contribution in [0.5, 0.6) is 5.75 Å². The van der Waals surface area contributed by atoms with Gasteiger partial charge in [-0.15, -0.1) is 0 Å². The third-order valence-electron chi connectivity index (χ3n) is 5.46. The van der Waals surface area contributed by atoms with Crippen LogP contribution in [0.25, 0.3) is 6.08 Å². The molecule has 1 aliphatic heterocycles. The largest absolute Gasteiger partial charge is 0.484 e. The molecule has 1 fully saturated rings. The fraction of sp³-hybridized carbons (Fsp3) is 0.148. The number of nitrogens with one attached hydrogen (secondary N) is 1. The van der Waals surface area contributed by atoms with E-state index in [-0.39, 0.29) is 24.5 Å². The Morgan fingerprint density at radius 2 is 1.91 bits per heavy atom. The lowest BCUT2D eigenvalue weighted by atomic mass is 10.1. The summed E-state index contributed by atoms with van der Waals surface area (Å²) >= 11 is 10.2. The van der Waals surface area contributed by atoms with Gasteiger partial charge < -0.3 is 10.1 Å². The molecule has 3 aromatic carbocycles. The number of carbonyl (C=O) groups is 2. The number of hydrogen-bond acceptors (Lipinski definition) is 5. The topological polar surface area (TPSA) is 58.6 Å². The number of thioether (sulfide) groups is 1. The molecule has 0 spiro atoms. The third kappa shape index (κ3) is 6.20. The second kappa shape index (κ2) is 11.2. The predicted molar refractivity (Wildman–Crippen MR) is 149 cm³/mol. The van der Waals surface area contributed by atoms with Gasteiger partial charge in [-0.25, -0.2) is 0 Å². The van der Waals surface area contributed by atoms with Crippen LogP contribution < -0.4 is 10.1 Å². The quantitative estimate of drug-likeness (QED) is 0.253. The molecule has 1 heterocycles. The lowest BCUT2D eigenvalue weighted by Crippen LogP contribution is -2.30. The van der Waals surface area contributed by atoms with Crippen molar-refractivity contribution in [3.63, 3.8) is 0 Å². The van der Waals surface area contributed by atoms with Crippen molar-refractivity contribution in [1.29, 1.82) is 0 Å². The summed E-state index contributed by atoms with van der Waals surface area (Å²) in [5.41, 5.74) is 3.55. The van der Waals surface area contributed by atoms with Crippen LogP contribution >= 0.6 is 39.9 Å². The molecule has 178 valence electrons. The number of hydrogen-bond donors (Lipinski definition) is 1. The predicted octanol–water partition coefficient (Wildman–Crippen LogP) is 6.74. The van der Waals surface area contributed by atoms with Crippen molar-refractivity contribution in [2.75, 3.05) is 11.9 Å². The van der Waals surface area contributed by atoms with Crippen LogP contribution in [0.1, 0.15) is 29.7 Å². The summed E-state index contributed by atoms with van der Waals surface area (Å²) in [6, 6.07) is 22.5. The van der Waals surface area contributed by atoms with Crippen molar-refractivity contribution in [1.82, 2.24) is 4.90 Å². The summed E-state index contributed by atoms with van der Waals surface area (Å²) in [4.78, 5) is 27.6. The van der Waals surface area contributed by atoms with E-state index in [1.165, 1.54) is 11.8 Å². The average Bonchev–Trinajstić information content (AvgIpc) is 3.13. The zero-order valence-electron chi connectivity index (χ0n) is 19.2. The zero-order chi connectivity index (χ0) is 24.9. The van der Waals surface area contributed by atoms with E-state index in [9.17, 15) is 9.59 Å². The second-order valence-electron chi connectivity index (χ2n) is 8.01. The zero-order valence-corrected chi connectivity index (χ0v) is 22.4. The Kier molecular flexibility index (Phi) is 8.05. The first kappa shape index (κ1) is 25.2. The molecule has 3 aromatic rings. The van der Waals surface area contributed by atoms with E-state index in [1.807, 2.05) is 74.5 Å². The average molecular weight is 568 g/mol. The first-order valence-electron chi connectivity index (χ1n) is 10.9. The number of nitrogens with zero attached hydrogens (tertiary/aromatic N) is 1. The van der Waals surface area contributed by atoms with Gasteiger partial charge in [-0.05, 0) is 66.9 Å². The molecule has 8 heteroatoms.